The molecule has 2 heterocycles. The summed E-state index contributed by atoms with van der Waals surface area (Å²) in [5.74, 6) is 2.66. The van der Waals surface area contributed by atoms with Gasteiger partial charge in [-0.2, -0.15) is 5.10 Å². The van der Waals surface area contributed by atoms with Crippen molar-refractivity contribution in [3.05, 3.63) is 11.6 Å². The molecule has 2 rings (SSSR count). The Balaban J connectivity index is 1.81. The van der Waals surface area contributed by atoms with Gasteiger partial charge in [-0.25, -0.2) is 9.67 Å². The van der Waals surface area contributed by atoms with Crippen LogP contribution in [0.15, 0.2) is 4.99 Å². The fourth-order valence-corrected chi connectivity index (χ4v) is 2.93. The highest BCUT2D eigenvalue weighted by atomic mass is 16.5. The third-order valence-electron chi connectivity index (χ3n) is 4.35. The van der Waals surface area contributed by atoms with Gasteiger partial charge in [-0.3, -0.25) is 4.99 Å². The van der Waals surface area contributed by atoms with E-state index in [9.17, 15) is 0 Å². The maximum absolute atomic E-state index is 5.11. The summed E-state index contributed by atoms with van der Waals surface area (Å²) in [6, 6.07) is 0.314. The van der Waals surface area contributed by atoms with Crippen LogP contribution in [0.2, 0.25) is 0 Å². The van der Waals surface area contributed by atoms with E-state index in [-0.39, 0.29) is 0 Å². The van der Waals surface area contributed by atoms with Crippen molar-refractivity contribution >= 4 is 5.96 Å². The zero-order valence-electron chi connectivity index (χ0n) is 15.4. The van der Waals surface area contributed by atoms with Gasteiger partial charge >= 0.3 is 0 Å². The second kappa shape index (κ2) is 9.58. The van der Waals surface area contributed by atoms with Gasteiger partial charge in [-0.15, -0.1) is 0 Å². The Hall–Kier alpha value is -1.67. The van der Waals surface area contributed by atoms with Crippen molar-refractivity contribution in [2.75, 3.05) is 40.3 Å². The Morgan fingerprint density at radius 1 is 1.42 bits per heavy atom. The van der Waals surface area contributed by atoms with Crippen LogP contribution in [0.3, 0.4) is 0 Å². The summed E-state index contributed by atoms with van der Waals surface area (Å²) >= 11 is 0. The second-order valence-electron chi connectivity index (χ2n) is 5.97. The Morgan fingerprint density at radius 3 is 2.88 bits per heavy atom. The van der Waals surface area contributed by atoms with Crippen molar-refractivity contribution in [1.29, 1.82) is 0 Å². The minimum Gasteiger partial charge on any atom is -0.377 e. The molecule has 0 radical (unpaired) electrons. The number of likely N-dealkylation sites (N-methyl/N-ethyl adjacent to an activating group) is 1. The first kappa shape index (κ1) is 18.7. The van der Waals surface area contributed by atoms with Crippen molar-refractivity contribution in [3.8, 4) is 0 Å². The maximum Gasteiger partial charge on any atom is 0.191 e. The molecule has 8 nitrogen and oxygen atoms in total. The predicted molar refractivity (Wildman–Crippen MR) is 95.1 cm³/mol. The number of hydrogen-bond acceptors (Lipinski definition) is 5. The van der Waals surface area contributed by atoms with Crippen LogP contribution in [0, 0.1) is 0 Å². The van der Waals surface area contributed by atoms with E-state index in [1.165, 1.54) is 0 Å². The van der Waals surface area contributed by atoms with E-state index >= 15 is 0 Å². The van der Waals surface area contributed by atoms with Gasteiger partial charge in [0.1, 0.15) is 12.4 Å². The summed E-state index contributed by atoms with van der Waals surface area (Å²) in [5.41, 5.74) is 0. The van der Waals surface area contributed by atoms with Crippen LogP contribution >= 0.6 is 0 Å². The SMILES string of the molecule is CCN(CC)CCNC(=NC)NC1CCc2nc(COC)nn2C1. The zero-order chi connectivity index (χ0) is 17.4. The lowest BCUT2D eigenvalue weighted by Gasteiger charge is -2.26. The van der Waals surface area contributed by atoms with Crippen LogP contribution in [0.25, 0.3) is 0 Å². The minimum absolute atomic E-state index is 0.314. The monoisotopic (exact) mass is 337 g/mol. The van der Waals surface area contributed by atoms with E-state index in [0.29, 0.717) is 12.6 Å². The van der Waals surface area contributed by atoms with Crippen molar-refractivity contribution in [2.45, 2.75) is 45.9 Å². The first-order chi connectivity index (χ1) is 11.7. The lowest BCUT2D eigenvalue weighted by Crippen LogP contribution is -2.48. The maximum atomic E-state index is 5.11. The molecule has 0 aromatic carbocycles. The van der Waals surface area contributed by atoms with Gasteiger partial charge in [0.25, 0.3) is 0 Å². The molecule has 1 aromatic heterocycles. The molecule has 136 valence electrons. The molecule has 0 bridgehead atoms. The van der Waals surface area contributed by atoms with Crippen LogP contribution in [0.4, 0.5) is 0 Å². The highest BCUT2D eigenvalue weighted by Gasteiger charge is 2.22. The van der Waals surface area contributed by atoms with Crippen LogP contribution in [-0.2, 0) is 24.3 Å². The van der Waals surface area contributed by atoms with Crippen molar-refractivity contribution < 1.29 is 4.74 Å². The van der Waals surface area contributed by atoms with E-state index in [4.69, 9.17) is 4.74 Å². The summed E-state index contributed by atoms with van der Waals surface area (Å²) in [6.07, 6.45) is 1.95. The first-order valence-electron chi connectivity index (χ1n) is 8.81. The number of aliphatic imine (C=N–C) groups is 1. The highest BCUT2D eigenvalue weighted by molar-refractivity contribution is 5.79. The van der Waals surface area contributed by atoms with Crippen LogP contribution in [-0.4, -0.2) is 72.0 Å². The summed E-state index contributed by atoms with van der Waals surface area (Å²) in [4.78, 5) is 11.2. The van der Waals surface area contributed by atoms with Gasteiger partial charge in [-0.1, -0.05) is 13.8 Å². The number of rotatable bonds is 8. The highest BCUT2D eigenvalue weighted by Crippen LogP contribution is 2.13. The number of fused-ring (bicyclic) bond motifs is 1. The molecule has 0 fully saturated rings. The van der Waals surface area contributed by atoms with Crippen molar-refractivity contribution in [1.82, 2.24) is 30.3 Å². The minimum atomic E-state index is 0.314. The molecular weight excluding hydrogens is 306 g/mol. The third-order valence-corrected chi connectivity index (χ3v) is 4.35. The van der Waals surface area contributed by atoms with Gasteiger partial charge in [0.05, 0.1) is 6.54 Å². The topological polar surface area (TPSA) is 79.6 Å². The van der Waals surface area contributed by atoms with Crippen molar-refractivity contribution in [2.24, 2.45) is 4.99 Å². The largest absolute Gasteiger partial charge is 0.377 e. The van der Waals surface area contributed by atoms with E-state index in [1.54, 1.807) is 7.11 Å². The van der Waals surface area contributed by atoms with Crippen LogP contribution < -0.4 is 10.6 Å². The van der Waals surface area contributed by atoms with E-state index in [2.05, 4.69) is 44.5 Å². The summed E-state index contributed by atoms with van der Waals surface area (Å²) in [6.45, 7) is 9.71. The van der Waals surface area contributed by atoms with Gasteiger partial charge in [0.15, 0.2) is 11.8 Å². The lowest BCUT2D eigenvalue weighted by atomic mass is 10.1. The number of nitrogens with one attached hydrogen (secondary N) is 2. The summed E-state index contributed by atoms with van der Waals surface area (Å²) < 4.78 is 7.09. The fourth-order valence-electron chi connectivity index (χ4n) is 2.93. The molecule has 0 spiro atoms. The van der Waals surface area contributed by atoms with Crippen LogP contribution in [0.5, 0.6) is 0 Å². The Kier molecular flexibility index (Phi) is 7.45. The number of guanidine groups is 1. The molecule has 1 atom stereocenters. The van der Waals surface area contributed by atoms with E-state index in [0.717, 1.165) is 63.2 Å². The fraction of sp³-hybridized carbons (Fsp3) is 0.812. The van der Waals surface area contributed by atoms with E-state index in [1.807, 2.05) is 11.7 Å². The number of methoxy groups -OCH3 is 1. The molecule has 8 heteroatoms. The zero-order valence-corrected chi connectivity index (χ0v) is 15.4. The van der Waals surface area contributed by atoms with Gasteiger partial charge in [0, 0.05) is 39.7 Å². The van der Waals surface area contributed by atoms with Gasteiger partial charge in [0.2, 0.25) is 0 Å². The molecule has 1 aromatic rings. The molecule has 0 aliphatic carbocycles. The van der Waals surface area contributed by atoms with E-state index < -0.39 is 0 Å². The van der Waals surface area contributed by atoms with Gasteiger partial charge in [-0.05, 0) is 19.5 Å². The smallest absolute Gasteiger partial charge is 0.191 e. The van der Waals surface area contributed by atoms with Crippen molar-refractivity contribution in [3.63, 3.8) is 0 Å². The summed E-state index contributed by atoms with van der Waals surface area (Å²) in [7, 11) is 3.48. The Bertz CT molecular complexity index is 524. The number of ether oxygens (including phenoxy) is 1. The number of nitrogens with zero attached hydrogens (tertiary/aromatic N) is 5. The number of aromatic nitrogens is 3. The molecule has 0 saturated carbocycles. The number of aryl methyl sites for hydroxylation is 1. The lowest BCUT2D eigenvalue weighted by molar-refractivity contribution is 0.177. The molecule has 1 aliphatic heterocycles. The standard InChI is InChI=1S/C16H31N7O/c1-5-22(6-2)10-9-18-16(17-3)19-13-7-8-15-20-14(12-24-4)21-23(15)11-13/h13H,5-12H2,1-4H3,(H2,17,18,19). The third kappa shape index (κ3) is 5.17. The average Bonchev–Trinajstić information content (AvgIpc) is 2.99. The van der Waals surface area contributed by atoms with Crippen LogP contribution in [0.1, 0.15) is 31.9 Å². The Morgan fingerprint density at radius 2 is 2.21 bits per heavy atom. The summed E-state index contributed by atoms with van der Waals surface area (Å²) in [5, 5.41) is 11.4. The van der Waals surface area contributed by atoms with Gasteiger partial charge < -0.3 is 20.3 Å². The average molecular weight is 337 g/mol. The number of hydrogen-bond donors (Lipinski definition) is 2. The molecule has 1 aliphatic rings. The predicted octanol–water partition coefficient (Wildman–Crippen LogP) is 0.246. The molecule has 0 amide bonds. The molecule has 1 unspecified atom stereocenters. The second-order valence-corrected chi connectivity index (χ2v) is 5.97. The molecule has 24 heavy (non-hydrogen) atoms. The molecular formula is C16H31N7O. The molecule has 0 saturated heterocycles. The first-order valence-corrected chi connectivity index (χ1v) is 8.81. The quantitative estimate of drug-likeness (QED) is 0.523. The molecule has 2 N–H and O–H groups in total. The normalized spacial score (nSPS) is 17.9. The Labute approximate surface area is 144 Å².